The third kappa shape index (κ3) is 6.27. The topological polar surface area (TPSA) is 95.4 Å². The number of allylic oxidation sites excluding steroid dienone is 2. The lowest BCUT2D eigenvalue weighted by molar-refractivity contribution is -0.141. The van der Waals surface area contributed by atoms with Crippen LogP contribution in [0.4, 0.5) is 14.5 Å². The molecule has 0 aromatic carbocycles. The second-order valence-electron chi connectivity index (χ2n) is 10.2. The van der Waals surface area contributed by atoms with Crippen LogP contribution in [-0.2, 0) is 11.3 Å². The zero-order chi connectivity index (χ0) is 26.7. The molecule has 1 aliphatic rings. The predicted molar refractivity (Wildman–Crippen MR) is 136 cm³/mol. The Morgan fingerprint density at radius 3 is 2.53 bits per heavy atom. The van der Waals surface area contributed by atoms with Crippen LogP contribution in [0, 0.1) is 12.3 Å². The highest BCUT2D eigenvalue weighted by Gasteiger charge is 2.41. The lowest BCUT2D eigenvalue weighted by Gasteiger charge is -2.38. The maximum atomic E-state index is 13.6. The van der Waals surface area contributed by atoms with Crippen molar-refractivity contribution in [2.75, 3.05) is 13.1 Å². The Morgan fingerprint density at radius 2 is 1.97 bits per heavy atom. The number of aliphatic imine (C=N–C) groups is 1. The SMILES string of the molecule is CC=C/C(=N\c1c(C(=O)N[C@@H](C(=O)N2CCC(F)(F)CC2)C(C)(C)C)c[nH]c1C)c1cnn(CC)c1. The predicted octanol–water partition coefficient (Wildman–Crippen LogP) is 4.64. The standard InChI is InChI=1S/C26H36F2N6O2/c1-7-9-20(18-14-30-34(8-2)16-18)31-21-17(3)29-15-19(21)23(35)32-22(25(4,5)6)24(36)33-12-10-26(27,28)11-13-33/h7,9,14-16,22,29H,8,10-13H2,1-6H3,(H,32,35)/b9-7?,31-20+/t22-/m0/s1. The van der Waals surface area contributed by atoms with Gasteiger partial charge in [0.05, 0.1) is 23.2 Å². The summed E-state index contributed by atoms with van der Waals surface area (Å²) in [5.41, 5.74) is 2.28. The molecule has 0 radical (unpaired) electrons. The fourth-order valence-corrected chi connectivity index (χ4v) is 4.08. The summed E-state index contributed by atoms with van der Waals surface area (Å²) in [4.78, 5) is 36.0. The normalized spacial score (nSPS) is 17.4. The number of hydrogen-bond acceptors (Lipinski definition) is 4. The van der Waals surface area contributed by atoms with E-state index in [1.54, 1.807) is 17.1 Å². The van der Waals surface area contributed by atoms with Crippen LogP contribution in [0.2, 0.25) is 0 Å². The first kappa shape index (κ1) is 27.3. The first-order valence-corrected chi connectivity index (χ1v) is 12.3. The third-order valence-electron chi connectivity index (χ3n) is 6.29. The average Bonchev–Trinajstić information content (AvgIpc) is 3.43. The van der Waals surface area contributed by atoms with E-state index in [-0.39, 0.29) is 31.8 Å². The van der Waals surface area contributed by atoms with E-state index in [1.807, 2.05) is 59.9 Å². The van der Waals surface area contributed by atoms with E-state index in [0.717, 1.165) is 12.1 Å². The zero-order valence-corrected chi connectivity index (χ0v) is 21.9. The minimum absolute atomic E-state index is 0.0365. The highest BCUT2D eigenvalue weighted by molar-refractivity contribution is 6.11. The fraction of sp³-hybridized carbons (Fsp3) is 0.538. The van der Waals surface area contributed by atoms with Crippen molar-refractivity contribution in [1.29, 1.82) is 0 Å². The second-order valence-corrected chi connectivity index (χ2v) is 10.2. The number of aromatic nitrogens is 3. The number of halogens is 2. The van der Waals surface area contributed by atoms with Gasteiger partial charge in [-0.2, -0.15) is 5.10 Å². The lowest BCUT2D eigenvalue weighted by atomic mass is 9.85. The van der Waals surface area contributed by atoms with Gasteiger partial charge in [-0.3, -0.25) is 14.3 Å². The first-order chi connectivity index (χ1) is 16.9. The van der Waals surface area contributed by atoms with Crippen molar-refractivity contribution in [3.05, 3.63) is 47.6 Å². The molecule has 0 bridgehead atoms. The van der Waals surface area contributed by atoms with E-state index in [2.05, 4.69) is 15.4 Å². The molecule has 0 spiro atoms. The monoisotopic (exact) mass is 502 g/mol. The molecule has 2 amide bonds. The smallest absolute Gasteiger partial charge is 0.255 e. The number of piperidine rings is 1. The van der Waals surface area contributed by atoms with E-state index in [4.69, 9.17) is 4.99 Å². The van der Waals surface area contributed by atoms with Crippen molar-refractivity contribution >= 4 is 23.2 Å². The third-order valence-corrected chi connectivity index (χ3v) is 6.29. The molecule has 0 saturated carbocycles. The van der Waals surface area contributed by atoms with Crippen LogP contribution < -0.4 is 5.32 Å². The van der Waals surface area contributed by atoms with Crippen LogP contribution in [0.15, 0.2) is 35.7 Å². The van der Waals surface area contributed by atoms with Gasteiger partial charge in [-0.05, 0) is 32.3 Å². The average molecular weight is 503 g/mol. The van der Waals surface area contributed by atoms with Crippen molar-refractivity contribution in [2.24, 2.45) is 10.4 Å². The lowest BCUT2D eigenvalue weighted by Crippen LogP contribution is -2.56. The van der Waals surface area contributed by atoms with Gasteiger partial charge in [-0.15, -0.1) is 0 Å². The second kappa shape index (κ2) is 10.8. The molecule has 36 heavy (non-hydrogen) atoms. The van der Waals surface area contributed by atoms with Crippen LogP contribution in [0.1, 0.15) is 69.1 Å². The number of amides is 2. The Balaban J connectivity index is 1.89. The van der Waals surface area contributed by atoms with Crippen molar-refractivity contribution in [3.8, 4) is 0 Å². The summed E-state index contributed by atoms with van der Waals surface area (Å²) < 4.78 is 29.0. The van der Waals surface area contributed by atoms with Crippen molar-refractivity contribution in [2.45, 2.75) is 72.9 Å². The van der Waals surface area contributed by atoms with Gasteiger partial charge in [0.25, 0.3) is 11.8 Å². The molecule has 1 aliphatic heterocycles. The van der Waals surface area contributed by atoms with Crippen LogP contribution in [0.25, 0.3) is 0 Å². The number of alkyl halides is 2. The Labute approximate surface area is 210 Å². The molecule has 2 aromatic heterocycles. The number of nitrogens with one attached hydrogen (secondary N) is 2. The summed E-state index contributed by atoms with van der Waals surface area (Å²) in [6, 6.07) is -0.887. The molecule has 1 saturated heterocycles. The number of carbonyl (C=O) groups excluding carboxylic acids is 2. The summed E-state index contributed by atoms with van der Waals surface area (Å²) >= 11 is 0. The first-order valence-electron chi connectivity index (χ1n) is 12.3. The van der Waals surface area contributed by atoms with Crippen LogP contribution in [0.5, 0.6) is 0 Å². The van der Waals surface area contributed by atoms with Crippen molar-refractivity contribution in [1.82, 2.24) is 25.0 Å². The maximum Gasteiger partial charge on any atom is 0.255 e. The van der Waals surface area contributed by atoms with E-state index in [1.165, 1.54) is 4.90 Å². The van der Waals surface area contributed by atoms with Gasteiger partial charge in [-0.25, -0.2) is 13.8 Å². The highest BCUT2D eigenvalue weighted by atomic mass is 19.3. The van der Waals surface area contributed by atoms with Crippen LogP contribution in [0.3, 0.4) is 0 Å². The Bertz CT molecular complexity index is 1150. The van der Waals surface area contributed by atoms with Crippen molar-refractivity contribution < 1.29 is 18.4 Å². The van der Waals surface area contributed by atoms with E-state index >= 15 is 0 Å². The molecule has 1 atom stereocenters. The molecule has 3 rings (SSSR count). The van der Waals surface area contributed by atoms with Crippen LogP contribution in [-0.4, -0.2) is 62.2 Å². The molecule has 2 aromatic rings. The zero-order valence-electron chi connectivity index (χ0n) is 21.9. The number of nitrogens with zero attached hydrogens (tertiary/aromatic N) is 4. The largest absolute Gasteiger partial charge is 0.363 e. The number of likely N-dealkylation sites (tertiary alicyclic amines) is 1. The van der Waals surface area contributed by atoms with E-state index < -0.39 is 23.3 Å². The minimum Gasteiger partial charge on any atom is -0.363 e. The molecule has 8 nitrogen and oxygen atoms in total. The van der Waals surface area contributed by atoms with Gasteiger partial charge in [-0.1, -0.05) is 26.8 Å². The Morgan fingerprint density at radius 1 is 1.31 bits per heavy atom. The molecular formula is C26H36F2N6O2. The van der Waals surface area contributed by atoms with Gasteiger partial charge in [0.15, 0.2) is 0 Å². The molecule has 0 aliphatic carbocycles. The molecule has 3 heterocycles. The molecule has 0 unspecified atom stereocenters. The van der Waals surface area contributed by atoms with Gasteiger partial charge in [0.2, 0.25) is 5.91 Å². The molecule has 1 fully saturated rings. The van der Waals surface area contributed by atoms with Crippen molar-refractivity contribution in [3.63, 3.8) is 0 Å². The van der Waals surface area contributed by atoms with Gasteiger partial charge >= 0.3 is 0 Å². The molecule has 10 heteroatoms. The summed E-state index contributed by atoms with van der Waals surface area (Å²) in [6.45, 7) is 11.9. The molecular weight excluding hydrogens is 466 g/mol. The molecule has 2 N–H and O–H groups in total. The van der Waals surface area contributed by atoms with Crippen LogP contribution >= 0.6 is 0 Å². The summed E-state index contributed by atoms with van der Waals surface area (Å²) in [7, 11) is 0. The van der Waals surface area contributed by atoms with Gasteiger partial charge in [0, 0.05) is 56.1 Å². The number of carbonyl (C=O) groups is 2. The number of rotatable bonds is 7. The molecule has 196 valence electrons. The number of aromatic amines is 1. The number of H-pyrrole nitrogens is 1. The van der Waals surface area contributed by atoms with E-state index in [0.29, 0.717) is 22.7 Å². The highest BCUT2D eigenvalue weighted by Crippen LogP contribution is 2.31. The quantitative estimate of drug-likeness (QED) is 0.540. The summed E-state index contributed by atoms with van der Waals surface area (Å²) in [6.07, 6.45) is 8.14. The Hall–Kier alpha value is -3.30. The van der Waals surface area contributed by atoms with E-state index in [9.17, 15) is 18.4 Å². The fourth-order valence-electron chi connectivity index (χ4n) is 4.08. The Kier molecular flexibility index (Phi) is 8.15. The number of hydrogen-bond donors (Lipinski definition) is 2. The van der Waals surface area contributed by atoms with Gasteiger partial charge in [0.1, 0.15) is 6.04 Å². The maximum absolute atomic E-state index is 13.6. The number of aryl methyl sites for hydroxylation is 2. The summed E-state index contributed by atoms with van der Waals surface area (Å²) in [5, 5.41) is 7.17. The van der Waals surface area contributed by atoms with Gasteiger partial charge < -0.3 is 15.2 Å². The summed E-state index contributed by atoms with van der Waals surface area (Å²) in [5.74, 6) is -3.58. The minimum atomic E-state index is -2.76.